The molecule has 1 N–H and O–H groups in total. The number of rotatable bonds is 8. The SMILES string of the molecule is O=C(Cn1nnc(-c2ccc(F)cc2)n1)N/N=C\c1ccc(OCc2ccccc2F)cc1. The quantitative estimate of drug-likeness (QED) is 0.330. The van der Waals surface area contributed by atoms with Gasteiger partial charge in [0.2, 0.25) is 5.82 Å². The molecule has 1 amide bonds. The molecule has 0 fully saturated rings. The van der Waals surface area contributed by atoms with Gasteiger partial charge in [-0.05, 0) is 65.4 Å². The number of hydrazone groups is 1. The highest BCUT2D eigenvalue weighted by atomic mass is 19.1. The fourth-order valence-electron chi connectivity index (χ4n) is 2.79. The van der Waals surface area contributed by atoms with E-state index in [0.29, 0.717) is 16.9 Å². The first kappa shape index (κ1) is 21.8. The minimum absolute atomic E-state index is 0.120. The fourth-order valence-corrected chi connectivity index (χ4v) is 2.79. The summed E-state index contributed by atoms with van der Waals surface area (Å²) in [5, 5.41) is 15.7. The predicted molar refractivity (Wildman–Crippen MR) is 116 cm³/mol. The number of hydrogen-bond acceptors (Lipinski definition) is 6. The Labute approximate surface area is 187 Å². The number of carbonyl (C=O) groups is 1. The first-order valence-corrected chi connectivity index (χ1v) is 9.89. The fraction of sp³-hybridized carbons (Fsp3) is 0.0870. The van der Waals surface area contributed by atoms with Gasteiger partial charge in [-0.25, -0.2) is 14.2 Å². The number of carbonyl (C=O) groups excluding carboxylic acids is 1. The number of halogens is 2. The molecular weight excluding hydrogens is 430 g/mol. The van der Waals surface area contributed by atoms with Crippen molar-refractivity contribution in [3.05, 3.63) is 95.6 Å². The monoisotopic (exact) mass is 448 g/mol. The zero-order valence-corrected chi connectivity index (χ0v) is 17.2. The maximum Gasteiger partial charge on any atom is 0.263 e. The Hall–Kier alpha value is -4.47. The second-order valence-electron chi connectivity index (χ2n) is 6.89. The number of nitrogens with one attached hydrogen (secondary N) is 1. The molecule has 4 rings (SSSR count). The van der Waals surface area contributed by atoms with E-state index in [1.54, 1.807) is 42.5 Å². The zero-order chi connectivity index (χ0) is 23.0. The Kier molecular flexibility index (Phi) is 6.74. The molecule has 0 aliphatic rings. The molecule has 0 saturated heterocycles. The minimum Gasteiger partial charge on any atom is -0.489 e. The summed E-state index contributed by atoms with van der Waals surface area (Å²) >= 11 is 0. The van der Waals surface area contributed by atoms with Crippen LogP contribution in [0.4, 0.5) is 8.78 Å². The van der Waals surface area contributed by atoms with E-state index < -0.39 is 5.91 Å². The van der Waals surface area contributed by atoms with Crippen LogP contribution in [0.2, 0.25) is 0 Å². The lowest BCUT2D eigenvalue weighted by atomic mass is 10.2. The van der Waals surface area contributed by atoms with Gasteiger partial charge >= 0.3 is 0 Å². The lowest BCUT2D eigenvalue weighted by molar-refractivity contribution is -0.122. The van der Waals surface area contributed by atoms with E-state index in [2.05, 4.69) is 25.9 Å². The maximum atomic E-state index is 13.6. The molecule has 4 aromatic rings. The molecule has 1 heterocycles. The van der Waals surface area contributed by atoms with Crippen molar-refractivity contribution >= 4 is 12.1 Å². The highest BCUT2D eigenvalue weighted by molar-refractivity contribution is 5.82. The van der Waals surface area contributed by atoms with Gasteiger partial charge in [0, 0.05) is 11.1 Å². The molecule has 33 heavy (non-hydrogen) atoms. The number of nitrogens with zero attached hydrogens (tertiary/aromatic N) is 5. The van der Waals surface area contributed by atoms with Gasteiger partial charge in [0.25, 0.3) is 5.91 Å². The Morgan fingerprint density at radius 2 is 1.79 bits per heavy atom. The van der Waals surface area contributed by atoms with Crippen molar-refractivity contribution in [2.24, 2.45) is 5.10 Å². The molecule has 166 valence electrons. The molecule has 0 spiro atoms. The summed E-state index contributed by atoms with van der Waals surface area (Å²) in [5.74, 6) is -0.269. The Morgan fingerprint density at radius 1 is 1.03 bits per heavy atom. The van der Waals surface area contributed by atoms with Crippen LogP contribution >= 0.6 is 0 Å². The molecule has 10 heteroatoms. The molecule has 3 aromatic carbocycles. The van der Waals surface area contributed by atoms with Crippen LogP contribution in [0.25, 0.3) is 11.4 Å². The van der Waals surface area contributed by atoms with Crippen LogP contribution in [-0.2, 0) is 17.9 Å². The lowest BCUT2D eigenvalue weighted by Gasteiger charge is -2.07. The van der Waals surface area contributed by atoms with Gasteiger partial charge in [-0.2, -0.15) is 9.90 Å². The summed E-state index contributed by atoms with van der Waals surface area (Å²) in [6.07, 6.45) is 1.47. The van der Waals surface area contributed by atoms with Crippen LogP contribution in [0.3, 0.4) is 0 Å². The molecule has 0 atom stereocenters. The third-order valence-electron chi connectivity index (χ3n) is 4.48. The van der Waals surface area contributed by atoms with Gasteiger partial charge in [-0.15, -0.1) is 10.2 Å². The van der Waals surface area contributed by atoms with Gasteiger partial charge in [-0.1, -0.05) is 18.2 Å². The van der Waals surface area contributed by atoms with Crippen LogP contribution in [0.1, 0.15) is 11.1 Å². The molecular formula is C23H18F2N6O2. The molecule has 0 aliphatic heterocycles. The molecule has 0 bridgehead atoms. The molecule has 0 radical (unpaired) electrons. The van der Waals surface area contributed by atoms with Crippen LogP contribution < -0.4 is 10.2 Å². The molecule has 0 unspecified atom stereocenters. The maximum absolute atomic E-state index is 13.6. The van der Waals surface area contributed by atoms with Crippen molar-refractivity contribution in [3.8, 4) is 17.1 Å². The standard InChI is InChI=1S/C23H18F2N6O2/c24-19-9-7-17(8-10-19)23-28-30-31(29-23)14-22(32)27-26-13-16-5-11-20(12-6-16)33-15-18-3-1-2-4-21(18)25/h1-13H,14-15H2,(H,27,32)/b26-13-. The molecule has 1 aromatic heterocycles. The number of ether oxygens (including phenoxy) is 1. The van der Waals surface area contributed by atoms with Crippen LogP contribution in [0, 0.1) is 11.6 Å². The Balaban J connectivity index is 1.25. The van der Waals surface area contributed by atoms with Crippen molar-refractivity contribution in [3.63, 3.8) is 0 Å². The topological polar surface area (TPSA) is 94.3 Å². The number of tetrazole rings is 1. The first-order valence-electron chi connectivity index (χ1n) is 9.89. The van der Waals surface area contributed by atoms with Crippen molar-refractivity contribution in [2.45, 2.75) is 13.2 Å². The Bertz CT molecular complexity index is 1260. The van der Waals surface area contributed by atoms with E-state index >= 15 is 0 Å². The van der Waals surface area contributed by atoms with Crippen LogP contribution in [-0.4, -0.2) is 32.3 Å². The third-order valence-corrected chi connectivity index (χ3v) is 4.48. The average molecular weight is 448 g/mol. The largest absolute Gasteiger partial charge is 0.489 e. The van der Waals surface area contributed by atoms with Gasteiger partial charge in [0.05, 0.1) is 6.21 Å². The second kappa shape index (κ2) is 10.2. The van der Waals surface area contributed by atoms with E-state index in [4.69, 9.17) is 4.74 Å². The van der Waals surface area contributed by atoms with Crippen molar-refractivity contribution in [1.82, 2.24) is 25.6 Å². The summed E-state index contributed by atoms with van der Waals surface area (Å²) in [4.78, 5) is 13.2. The van der Waals surface area contributed by atoms with Crippen molar-refractivity contribution in [1.29, 1.82) is 0 Å². The highest BCUT2D eigenvalue weighted by Crippen LogP contribution is 2.15. The van der Waals surface area contributed by atoms with Crippen LogP contribution in [0.5, 0.6) is 5.75 Å². The average Bonchev–Trinajstić information content (AvgIpc) is 3.28. The number of hydrogen-bond donors (Lipinski definition) is 1. The van der Waals surface area contributed by atoms with Gasteiger partial charge in [0.15, 0.2) is 0 Å². The summed E-state index contributed by atoms with van der Waals surface area (Å²) < 4.78 is 32.2. The lowest BCUT2D eigenvalue weighted by Crippen LogP contribution is -2.24. The first-order chi connectivity index (χ1) is 16.1. The highest BCUT2D eigenvalue weighted by Gasteiger charge is 2.09. The third kappa shape index (κ3) is 6.03. The van der Waals surface area contributed by atoms with E-state index in [0.717, 1.165) is 10.4 Å². The van der Waals surface area contributed by atoms with Gasteiger partial charge < -0.3 is 4.74 Å². The number of benzene rings is 3. The zero-order valence-electron chi connectivity index (χ0n) is 17.2. The number of amides is 1. The van der Waals surface area contributed by atoms with Gasteiger partial charge in [-0.3, -0.25) is 4.79 Å². The Morgan fingerprint density at radius 3 is 2.55 bits per heavy atom. The normalized spacial score (nSPS) is 11.0. The summed E-state index contributed by atoms with van der Waals surface area (Å²) in [6, 6.07) is 19.0. The van der Waals surface area contributed by atoms with E-state index in [1.807, 2.05) is 0 Å². The summed E-state index contributed by atoms with van der Waals surface area (Å²) in [5.41, 5.74) is 4.17. The smallest absolute Gasteiger partial charge is 0.263 e. The molecule has 0 saturated carbocycles. The molecule has 8 nitrogen and oxygen atoms in total. The van der Waals surface area contributed by atoms with E-state index in [-0.39, 0.29) is 30.6 Å². The van der Waals surface area contributed by atoms with Gasteiger partial charge in [0.1, 0.15) is 30.5 Å². The summed E-state index contributed by atoms with van der Waals surface area (Å²) in [7, 11) is 0. The predicted octanol–water partition coefficient (Wildman–Crippen LogP) is 3.35. The number of aromatic nitrogens is 4. The van der Waals surface area contributed by atoms with Crippen molar-refractivity contribution < 1.29 is 18.3 Å². The van der Waals surface area contributed by atoms with E-state index in [9.17, 15) is 13.6 Å². The minimum atomic E-state index is -0.445. The van der Waals surface area contributed by atoms with Crippen LogP contribution in [0.15, 0.2) is 77.9 Å². The summed E-state index contributed by atoms with van der Waals surface area (Å²) in [6.45, 7) is -0.0658. The van der Waals surface area contributed by atoms with Crippen molar-refractivity contribution in [2.75, 3.05) is 0 Å². The second-order valence-corrected chi connectivity index (χ2v) is 6.89. The van der Waals surface area contributed by atoms with E-state index in [1.165, 1.54) is 36.5 Å². The molecule has 0 aliphatic carbocycles.